The van der Waals surface area contributed by atoms with E-state index in [4.69, 9.17) is 21.0 Å². The van der Waals surface area contributed by atoms with Crippen molar-refractivity contribution in [3.05, 3.63) is 27.5 Å². The first kappa shape index (κ1) is 21.8. The van der Waals surface area contributed by atoms with Crippen molar-refractivity contribution in [3.8, 4) is 6.07 Å². The van der Waals surface area contributed by atoms with Gasteiger partial charge in [-0.25, -0.2) is 4.98 Å². The average Bonchev–Trinajstić information content (AvgIpc) is 3.04. The second-order valence-corrected chi connectivity index (χ2v) is 16.2. The molecule has 28 heavy (non-hydrogen) atoms. The van der Waals surface area contributed by atoms with E-state index in [1.165, 1.54) is 18.4 Å². The van der Waals surface area contributed by atoms with Crippen molar-refractivity contribution in [1.29, 1.82) is 5.26 Å². The molecule has 3 rings (SSSR count). The van der Waals surface area contributed by atoms with Crippen molar-refractivity contribution in [2.45, 2.75) is 103 Å². The zero-order valence-electron chi connectivity index (χ0n) is 18.6. The normalized spacial score (nSPS) is 22.8. The number of hydrogen-bond acceptors (Lipinski definition) is 3. The van der Waals surface area contributed by atoms with Crippen LogP contribution in [0.15, 0.2) is 0 Å². The van der Waals surface area contributed by atoms with Gasteiger partial charge < -0.3 is 4.43 Å². The predicted molar refractivity (Wildman–Crippen MR) is 118 cm³/mol. The Kier molecular flexibility index (Phi) is 5.78. The maximum atomic E-state index is 9.91. The number of pyridine rings is 1. The molecular weight excluding hydrogens is 384 g/mol. The monoisotopic (exact) mass is 418 g/mol. The van der Waals surface area contributed by atoms with Crippen molar-refractivity contribution >= 4 is 19.9 Å². The van der Waals surface area contributed by atoms with E-state index in [9.17, 15) is 5.26 Å². The molecular formula is C23H35ClN2OSi. The Labute approximate surface area is 177 Å². The Morgan fingerprint density at radius 1 is 1.18 bits per heavy atom. The van der Waals surface area contributed by atoms with Crippen LogP contribution in [0.25, 0.3) is 0 Å². The topological polar surface area (TPSA) is 45.9 Å². The fourth-order valence-electron chi connectivity index (χ4n) is 4.64. The molecule has 0 saturated heterocycles. The maximum Gasteiger partial charge on any atom is 0.192 e. The number of halogens is 1. The molecule has 2 aliphatic rings. The van der Waals surface area contributed by atoms with E-state index >= 15 is 0 Å². The van der Waals surface area contributed by atoms with Crippen LogP contribution in [0, 0.1) is 16.7 Å². The van der Waals surface area contributed by atoms with Gasteiger partial charge in [-0.15, -0.1) is 0 Å². The van der Waals surface area contributed by atoms with Crippen LogP contribution in [0.2, 0.25) is 23.3 Å². The molecule has 1 saturated carbocycles. The molecule has 5 heteroatoms. The Hall–Kier alpha value is -0.893. The smallest absolute Gasteiger partial charge is 0.192 e. The zero-order chi connectivity index (χ0) is 20.9. The fourth-order valence-corrected chi connectivity index (χ4v) is 6.15. The minimum absolute atomic E-state index is 0.00658. The third-order valence-corrected chi connectivity index (χ3v) is 11.9. The molecule has 2 aliphatic carbocycles. The summed E-state index contributed by atoms with van der Waals surface area (Å²) in [5.74, 6) is 0.413. The van der Waals surface area contributed by atoms with Gasteiger partial charge in [0.05, 0.1) is 11.7 Å². The summed E-state index contributed by atoms with van der Waals surface area (Å²) in [5.41, 5.74) is 4.13. The summed E-state index contributed by atoms with van der Waals surface area (Å²) in [6, 6.07) is 2.39. The number of nitriles is 1. The lowest BCUT2D eigenvalue weighted by molar-refractivity contribution is 0.105. The molecule has 0 aromatic carbocycles. The Balaban J connectivity index is 2.19. The van der Waals surface area contributed by atoms with Gasteiger partial charge in [0.25, 0.3) is 0 Å². The van der Waals surface area contributed by atoms with Gasteiger partial charge in [0.15, 0.2) is 8.32 Å². The third kappa shape index (κ3) is 4.04. The van der Waals surface area contributed by atoms with Crippen LogP contribution in [0.5, 0.6) is 0 Å². The molecule has 1 aromatic heterocycles. The molecule has 1 heterocycles. The van der Waals surface area contributed by atoms with Crippen molar-refractivity contribution < 1.29 is 4.43 Å². The van der Waals surface area contributed by atoms with Gasteiger partial charge in [-0.2, -0.15) is 5.26 Å². The molecule has 1 fully saturated rings. The standard InChI is InChI=1S/C23H35ClN2OSi/c1-22(2,3)28(6,7)27-18-13-23(4,5)12-17-20(18)19(15-10-8-9-11-15)16(14-25)21(24)26-17/h15,18H,8-13H2,1-7H3/t18-/m0/s1. The van der Waals surface area contributed by atoms with E-state index in [1.807, 2.05) is 0 Å². The molecule has 0 N–H and O–H groups in total. The Morgan fingerprint density at radius 3 is 2.32 bits per heavy atom. The van der Waals surface area contributed by atoms with Crippen molar-refractivity contribution in [2.75, 3.05) is 0 Å². The highest BCUT2D eigenvalue weighted by Gasteiger charge is 2.45. The number of nitrogens with zero attached hydrogens (tertiary/aromatic N) is 2. The van der Waals surface area contributed by atoms with E-state index in [2.05, 4.69) is 53.8 Å². The van der Waals surface area contributed by atoms with Crippen molar-refractivity contribution in [1.82, 2.24) is 4.98 Å². The van der Waals surface area contributed by atoms with Crippen LogP contribution in [0.4, 0.5) is 0 Å². The number of fused-ring (bicyclic) bond motifs is 1. The molecule has 3 nitrogen and oxygen atoms in total. The van der Waals surface area contributed by atoms with Crippen molar-refractivity contribution in [3.63, 3.8) is 0 Å². The van der Waals surface area contributed by atoms with Gasteiger partial charge in [0, 0.05) is 11.3 Å². The van der Waals surface area contributed by atoms with Crippen molar-refractivity contribution in [2.24, 2.45) is 5.41 Å². The molecule has 0 spiro atoms. The summed E-state index contributed by atoms with van der Waals surface area (Å²) >= 11 is 6.53. The summed E-state index contributed by atoms with van der Waals surface area (Å²) < 4.78 is 6.99. The van der Waals surface area contributed by atoms with E-state index in [0.717, 1.165) is 36.9 Å². The van der Waals surface area contributed by atoms with Crippen LogP contribution >= 0.6 is 11.6 Å². The first-order valence-corrected chi connectivity index (χ1v) is 13.9. The van der Waals surface area contributed by atoms with E-state index < -0.39 is 8.32 Å². The summed E-state index contributed by atoms with van der Waals surface area (Å²) in [6.45, 7) is 16.1. The van der Waals surface area contributed by atoms with Gasteiger partial charge in [0.1, 0.15) is 11.2 Å². The highest BCUT2D eigenvalue weighted by Crippen LogP contribution is 2.51. The van der Waals surface area contributed by atoms with Crippen LogP contribution in [-0.4, -0.2) is 13.3 Å². The van der Waals surface area contributed by atoms with Crippen LogP contribution in [-0.2, 0) is 10.8 Å². The second kappa shape index (κ2) is 7.42. The molecule has 0 aliphatic heterocycles. The van der Waals surface area contributed by atoms with Gasteiger partial charge >= 0.3 is 0 Å². The van der Waals surface area contributed by atoms with E-state index in [1.54, 1.807) is 0 Å². The van der Waals surface area contributed by atoms with E-state index in [0.29, 0.717) is 16.6 Å². The molecule has 0 radical (unpaired) electrons. The first-order valence-electron chi connectivity index (χ1n) is 10.7. The Morgan fingerprint density at radius 2 is 1.79 bits per heavy atom. The third-order valence-electron chi connectivity index (χ3n) is 7.13. The van der Waals surface area contributed by atoms with E-state index in [-0.39, 0.29) is 16.6 Å². The fraction of sp³-hybridized carbons (Fsp3) is 0.739. The zero-order valence-corrected chi connectivity index (χ0v) is 20.3. The molecule has 154 valence electrons. The quantitative estimate of drug-likeness (QED) is 0.382. The molecule has 1 atom stereocenters. The molecule has 1 aromatic rings. The SMILES string of the molecule is CC1(C)Cc2nc(Cl)c(C#N)c(C3CCCC3)c2[C@@H](O[Si](C)(C)C(C)(C)C)C1. The van der Waals surface area contributed by atoms with Crippen LogP contribution in [0.1, 0.15) is 101 Å². The number of rotatable bonds is 3. The highest BCUT2D eigenvalue weighted by molar-refractivity contribution is 6.74. The molecule has 0 amide bonds. The second-order valence-electron chi connectivity index (χ2n) is 11.1. The maximum absolute atomic E-state index is 9.91. The van der Waals surface area contributed by atoms with Gasteiger partial charge in [0.2, 0.25) is 0 Å². The molecule has 0 bridgehead atoms. The predicted octanol–water partition coefficient (Wildman–Crippen LogP) is 7.30. The summed E-state index contributed by atoms with van der Waals surface area (Å²) in [4.78, 5) is 4.73. The van der Waals surface area contributed by atoms with Gasteiger partial charge in [-0.05, 0) is 60.7 Å². The minimum Gasteiger partial charge on any atom is -0.410 e. The summed E-state index contributed by atoms with van der Waals surface area (Å²) in [6.07, 6.45) is 6.60. The van der Waals surface area contributed by atoms with Crippen LogP contribution < -0.4 is 0 Å². The lowest BCUT2D eigenvalue weighted by atomic mass is 9.72. The number of aromatic nitrogens is 1. The highest BCUT2D eigenvalue weighted by atomic mass is 35.5. The number of hydrogen-bond donors (Lipinski definition) is 0. The molecule has 0 unspecified atom stereocenters. The summed E-state index contributed by atoms with van der Waals surface area (Å²) in [5, 5.41) is 10.4. The Bertz CT molecular complexity index is 798. The van der Waals surface area contributed by atoms with Crippen LogP contribution in [0.3, 0.4) is 0 Å². The minimum atomic E-state index is -1.97. The first-order chi connectivity index (χ1) is 12.9. The lowest BCUT2D eigenvalue weighted by Gasteiger charge is -2.45. The average molecular weight is 419 g/mol. The van der Waals surface area contributed by atoms with Gasteiger partial charge in [-0.3, -0.25) is 0 Å². The summed E-state index contributed by atoms with van der Waals surface area (Å²) in [7, 11) is -1.97. The largest absolute Gasteiger partial charge is 0.410 e. The lowest BCUT2D eigenvalue weighted by Crippen LogP contribution is -2.44. The van der Waals surface area contributed by atoms with Gasteiger partial charge in [-0.1, -0.05) is 59.1 Å².